The average molecular weight is 348 g/mol. The normalized spacial score (nSPS) is 17.3. The quantitative estimate of drug-likeness (QED) is 0.865. The number of benzene rings is 1. The van der Waals surface area contributed by atoms with Gasteiger partial charge in [-0.1, -0.05) is 24.3 Å². The van der Waals surface area contributed by atoms with Crippen LogP contribution in [0.5, 0.6) is 0 Å². The van der Waals surface area contributed by atoms with Crippen molar-refractivity contribution in [2.75, 3.05) is 13.6 Å². The third-order valence-corrected chi connectivity index (χ3v) is 5.63. The lowest BCUT2D eigenvalue weighted by Gasteiger charge is -2.25. The van der Waals surface area contributed by atoms with E-state index in [0.717, 1.165) is 19.3 Å². The molecule has 2 N–H and O–H groups in total. The number of sulfonamides is 1. The van der Waals surface area contributed by atoms with Gasteiger partial charge in [-0.2, -0.15) is 0 Å². The Morgan fingerprint density at radius 2 is 2.04 bits per heavy atom. The summed E-state index contributed by atoms with van der Waals surface area (Å²) in [5.41, 5.74) is 2.62. The van der Waals surface area contributed by atoms with Crippen molar-refractivity contribution in [2.45, 2.75) is 30.3 Å². The number of carbonyl (C=O) groups excluding carboxylic acids is 1. The van der Waals surface area contributed by atoms with Gasteiger partial charge in [-0.3, -0.25) is 4.79 Å². The first-order valence-electron chi connectivity index (χ1n) is 7.90. The van der Waals surface area contributed by atoms with Gasteiger partial charge in [0.05, 0.1) is 0 Å². The van der Waals surface area contributed by atoms with Crippen LogP contribution in [0, 0.1) is 0 Å². The SMILES string of the molecule is CNS(=O)(=O)c1ccc(C(=O)NCC2CCCc3ccccc32)o1. The highest BCUT2D eigenvalue weighted by atomic mass is 32.2. The summed E-state index contributed by atoms with van der Waals surface area (Å²) in [5, 5.41) is 2.58. The third-order valence-electron chi connectivity index (χ3n) is 4.34. The van der Waals surface area contributed by atoms with Crippen LogP contribution in [0.2, 0.25) is 0 Å². The van der Waals surface area contributed by atoms with Crippen LogP contribution in [-0.2, 0) is 16.4 Å². The maximum absolute atomic E-state index is 12.2. The molecule has 1 aliphatic carbocycles. The van der Waals surface area contributed by atoms with Crippen LogP contribution in [0.3, 0.4) is 0 Å². The zero-order valence-corrected chi connectivity index (χ0v) is 14.2. The minimum absolute atomic E-state index is 0.00656. The van der Waals surface area contributed by atoms with Crippen LogP contribution in [-0.4, -0.2) is 27.9 Å². The molecule has 6 nitrogen and oxygen atoms in total. The maximum atomic E-state index is 12.2. The Kier molecular flexibility index (Phi) is 4.73. The molecule has 24 heavy (non-hydrogen) atoms. The number of hydrogen-bond donors (Lipinski definition) is 2. The van der Waals surface area contributed by atoms with Crippen LogP contribution >= 0.6 is 0 Å². The van der Waals surface area contributed by atoms with Gasteiger partial charge in [0.15, 0.2) is 5.76 Å². The summed E-state index contributed by atoms with van der Waals surface area (Å²) in [6.45, 7) is 0.505. The molecule has 0 spiro atoms. The Morgan fingerprint density at radius 3 is 2.83 bits per heavy atom. The molecule has 1 heterocycles. The summed E-state index contributed by atoms with van der Waals surface area (Å²) in [7, 11) is -2.39. The molecular formula is C17H20N2O4S. The van der Waals surface area contributed by atoms with Crippen molar-refractivity contribution in [2.24, 2.45) is 0 Å². The number of furan rings is 1. The minimum atomic E-state index is -3.68. The smallest absolute Gasteiger partial charge is 0.287 e. The van der Waals surface area contributed by atoms with E-state index in [4.69, 9.17) is 4.42 Å². The minimum Gasteiger partial charge on any atom is -0.438 e. The van der Waals surface area contributed by atoms with Gasteiger partial charge in [0, 0.05) is 12.5 Å². The fourth-order valence-electron chi connectivity index (χ4n) is 3.06. The lowest BCUT2D eigenvalue weighted by molar-refractivity contribution is 0.0917. The summed E-state index contributed by atoms with van der Waals surface area (Å²) in [4.78, 5) is 12.2. The molecule has 0 aliphatic heterocycles. The molecule has 1 aliphatic rings. The van der Waals surface area contributed by atoms with Gasteiger partial charge in [0.25, 0.3) is 15.9 Å². The fourth-order valence-corrected chi connectivity index (χ4v) is 3.70. The monoisotopic (exact) mass is 348 g/mol. The van der Waals surface area contributed by atoms with Crippen molar-refractivity contribution in [3.63, 3.8) is 0 Å². The molecule has 1 amide bonds. The zero-order chi connectivity index (χ0) is 17.2. The van der Waals surface area contributed by atoms with Gasteiger partial charge in [0.2, 0.25) is 5.09 Å². The van der Waals surface area contributed by atoms with Crippen LogP contribution in [0.15, 0.2) is 45.9 Å². The summed E-state index contributed by atoms with van der Waals surface area (Å²) >= 11 is 0. The van der Waals surface area contributed by atoms with E-state index in [1.807, 2.05) is 12.1 Å². The topological polar surface area (TPSA) is 88.4 Å². The van der Waals surface area contributed by atoms with Crippen LogP contribution < -0.4 is 10.0 Å². The van der Waals surface area contributed by atoms with E-state index in [9.17, 15) is 13.2 Å². The molecule has 0 radical (unpaired) electrons. The molecule has 1 aromatic carbocycles. The van der Waals surface area contributed by atoms with E-state index in [2.05, 4.69) is 22.2 Å². The van der Waals surface area contributed by atoms with Crippen molar-refractivity contribution in [1.82, 2.24) is 10.0 Å². The average Bonchev–Trinajstić information content (AvgIpc) is 3.10. The predicted molar refractivity (Wildman–Crippen MR) is 89.4 cm³/mol. The fraction of sp³-hybridized carbons (Fsp3) is 0.353. The molecule has 1 atom stereocenters. The first kappa shape index (κ1) is 16.7. The number of hydrogen-bond acceptors (Lipinski definition) is 4. The van der Waals surface area contributed by atoms with E-state index in [-0.39, 0.29) is 16.8 Å². The lowest BCUT2D eigenvalue weighted by atomic mass is 9.83. The zero-order valence-electron chi connectivity index (χ0n) is 13.4. The van der Waals surface area contributed by atoms with E-state index < -0.39 is 15.9 Å². The van der Waals surface area contributed by atoms with E-state index in [1.165, 1.54) is 30.3 Å². The van der Waals surface area contributed by atoms with Crippen LogP contribution in [0.1, 0.15) is 40.4 Å². The van der Waals surface area contributed by atoms with Crippen molar-refractivity contribution in [1.29, 1.82) is 0 Å². The summed E-state index contributed by atoms with van der Waals surface area (Å²) in [6.07, 6.45) is 3.20. The van der Waals surface area contributed by atoms with Crippen LogP contribution in [0.25, 0.3) is 0 Å². The summed E-state index contributed by atoms with van der Waals surface area (Å²) < 4.78 is 30.6. The van der Waals surface area contributed by atoms with Gasteiger partial charge in [-0.25, -0.2) is 13.1 Å². The Hall–Kier alpha value is -2.12. The van der Waals surface area contributed by atoms with Gasteiger partial charge >= 0.3 is 0 Å². The number of aryl methyl sites for hydroxylation is 1. The molecule has 0 fully saturated rings. The molecule has 3 rings (SSSR count). The number of rotatable bonds is 5. The number of nitrogens with one attached hydrogen (secondary N) is 2. The van der Waals surface area contributed by atoms with E-state index in [0.29, 0.717) is 6.54 Å². The Morgan fingerprint density at radius 1 is 1.25 bits per heavy atom. The molecule has 0 saturated heterocycles. The summed E-state index contributed by atoms with van der Waals surface area (Å²) in [5.74, 6) is -0.141. The first-order valence-corrected chi connectivity index (χ1v) is 9.39. The van der Waals surface area contributed by atoms with Crippen molar-refractivity contribution in [3.05, 3.63) is 53.3 Å². The molecule has 0 bridgehead atoms. The van der Waals surface area contributed by atoms with Crippen LogP contribution in [0.4, 0.5) is 0 Å². The first-order chi connectivity index (χ1) is 11.5. The largest absolute Gasteiger partial charge is 0.438 e. The van der Waals surface area contributed by atoms with Gasteiger partial charge < -0.3 is 9.73 Å². The van der Waals surface area contributed by atoms with Crippen molar-refractivity contribution >= 4 is 15.9 Å². The highest BCUT2D eigenvalue weighted by molar-refractivity contribution is 7.89. The molecule has 2 aromatic rings. The second kappa shape index (κ2) is 6.78. The van der Waals surface area contributed by atoms with E-state index in [1.54, 1.807) is 0 Å². The number of amides is 1. The van der Waals surface area contributed by atoms with Gasteiger partial charge in [-0.05, 0) is 49.6 Å². The third kappa shape index (κ3) is 3.37. The maximum Gasteiger partial charge on any atom is 0.287 e. The molecule has 1 unspecified atom stereocenters. The summed E-state index contributed by atoms with van der Waals surface area (Å²) in [6, 6.07) is 10.9. The highest BCUT2D eigenvalue weighted by Crippen LogP contribution is 2.30. The molecule has 0 saturated carbocycles. The lowest BCUT2D eigenvalue weighted by Crippen LogP contribution is -2.29. The van der Waals surface area contributed by atoms with Gasteiger partial charge in [-0.15, -0.1) is 0 Å². The predicted octanol–water partition coefficient (Wildman–Crippen LogP) is 2.04. The highest BCUT2D eigenvalue weighted by Gasteiger charge is 2.22. The van der Waals surface area contributed by atoms with Gasteiger partial charge in [0.1, 0.15) is 0 Å². The molecular weight excluding hydrogens is 328 g/mol. The van der Waals surface area contributed by atoms with E-state index >= 15 is 0 Å². The number of carbonyl (C=O) groups is 1. The standard InChI is InChI=1S/C17H20N2O4S/c1-18-24(21,22)16-10-9-15(23-16)17(20)19-11-13-7-4-6-12-5-2-3-8-14(12)13/h2-3,5,8-10,13,18H,4,6-7,11H2,1H3,(H,19,20). The van der Waals surface area contributed by atoms with Crippen molar-refractivity contribution < 1.29 is 17.6 Å². The molecule has 1 aromatic heterocycles. The second-order valence-electron chi connectivity index (χ2n) is 5.82. The molecule has 7 heteroatoms. The molecule has 128 valence electrons. The van der Waals surface area contributed by atoms with Crippen molar-refractivity contribution in [3.8, 4) is 0 Å². The Labute approximate surface area is 141 Å². The Balaban J connectivity index is 1.67. The second-order valence-corrected chi connectivity index (χ2v) is 7.64. The number of fused-ring (bicyclic) bond motifs is 1. The Bertz CT molecular complexity index is 842.